The lowest BCUT2D eigenvalue weighted by Gasteiger charge is -2.09. The fraction of sp³-hybridized carbons (Fsp3) is 0.235. The van der Waals surface area contributed by atoms with E-state index in [0.717, 1.165) is 35.6 Å². The van der Waals surface area contributed by atoms with Gasteiger partial charge in [0.15, 0.2) is 0 Å². The van der Waals surface area contributed by atoms with E-state index in [-0.39, 0.29) is 0 Å². The van der Waals surface area contributed by atoms with Gasteiger partial charge in [0.2, 0.25) is 0 Å². The molecule has 2 aromatic carbocycles. The molecule has 0 saturated carbocycles. The molecule has 0 unspecified atom stereocenters. The van der Waals surface area contributed by atoms with Crippen LogP contribution in [0.15, 0.2) is 54.6 Å². The molecule has 0 aliphatic heterocycles. The molecule has 3 aromatic rings. The van der Waals surface area contributed by atoms with E-state index in [9.17, 15) is 0 Å². The SMILES string of the molecule is ClCCCn1c(COc2ccccc2)nc2ccccc21. The minimum Gasteiger partial charge on any atom is -0.486 e. The van der Waals surface area contributed by atoms with Crippen molar-refractivity contribution in [1.29, 1.82) is 0 Å². The van der Waals surface area contributed by atoms with E-state index in [4.69, 9.17) is 16.3 Å². The van der Waals surface area contributed by atoms with Crippen molar-refractivity contribution < 1.29 is 4.74 Å². The van der Waals surface area contributed by atoms with Crippen LogP contribution in [0.5, 0.6) is 5.75 Å². The van der Waals surface area contributed by atoms with Gasteiger partial charge in [0.25, 0.3) is 0 Å². The number of hydrogen-bond donors (Lipinski definition) is 0. The molecule has 0 radical (unpaired) electrons. The third kappa shape index (κ3) is 3.19. The number of para-hydroxylation sites is 3. The van der Waals surface area contributed by atoms with Crippen molar-refractivity contribution >= 4 is 22.6 Å². The maximum absolute atomic E-state index is 5.83. The number of benzene rings is 2. The summed E-state index contributed by atoms with van der Waals surface area (Å²) in [6.07, 6.45) is 0.917. The predicted molar refractivity (Wildman–Crippen MR) is 85.8 cm³/mol. The van der Waals surface area contributed by atoms with Gasteiger partial charge < -0.3 is 9.30 Å². The minimum atomic E-state index is 0.459. The highest BCUT2D eigenvalue weighted by molar-refractivity contribution is 6.17. The van der Waals surface area contributed by atoms with Gasteiger partial charge in [-0.3, -0.25) is 0 Å². The first kappa shape index (κ1) is 14.0. The predicted octanol–water partition coefficient (Wildman–Crippen LogP) is 4.24. The van der Waals surface area contributed by atoms with E-state index in [2.05, 4.69) is 15.6 Å². The molecular weight excluding hydrogens is 284 g/mol. The van der Waals surface area contributed by atoms with Gasteiger partial charge in [0, 0.05) is 12.4 Å². The molecule has 4 heteroatoms. The first-order valence-electron chi connectivity index (χ1n) is 7.06. The molecule has 3 nitrogen and oxygen atoms in total. The Morgan fingerprint density at radius 3 is 2.57 bits per heavy atom. The highest BCUT2D eigenvalue weighted by Crippen LogP contribution is 2.18. The van der Waals surface area contributed by atoms with Crippen molar-refractivity contribution in [1.82, 2.24) is 9.55 Å². The van der Waals surface area contributed by atoms with Crippen LogP contribution in [0.1, 0.15) is 12.2 Å². The van der Waals surface area contributed by atoms with Crippen molar-refractivity contribution in [3.8, 4) is 5.75 Å². The second kappa shape index (κ2) is 6.64. The molecule has 0 aliphatic rings. The fourth-order valence-electron chi connectivity index (χ4n) is 2.37. The van der Waals surface area contributed by atoms with Crippen LogP contribution in [-0.4, -0.2) is 15.4 Å². The molecule has 0 N–H and O–H groups in total. The van der Waals surface area contributed by atoms with Gasteiger partial charge in [0.1, 0.15) is 18.2 Å². The number of ether oxygens (including phenoxy) is 1. The molecule has 0 fully saturated rings. The molecular formula is C17H17ClN2O. The van der Waals surface area contributed by atoms with Crippen molar-refractivity contribution in [3.05, 3.63) is 60.4 Å². The monoisotopic (exact) mass is 300 g/mol. The number of rotatable bonds is 6. The summed E-state index contributed by atoms with van der Waals surface area (Å²) in [5.74, 6) is 2.43. The summed E-state index contributed by atoms with van der Waals surface area (Å²) in [6, 6.07) is 17.9. The van der Waals surface area contributed by atoms with Crippen LogP contribution in [0, 0.1) is 0 Å². The number of nitrogens with zero attached hydrogens (tertiary/aromatic N) is 2. The Kier molecular flexibility index (Phi) is 4.41. The third-order valence-electron chi connectivity index (χ3n) is 3.36. The first-order chi connectivity index (χ1) is 10.4. The minimum absolute atomic E-state index is 0.459. The molecule has 1 heterocycles. The fourth-order valence-corrected chi connectivity index (χ4v) is 2.49. The number of hydrogen-bond acceptors (Lipinski definition) is 2. The van der Waals surface area contributed by atoms with Gasteiger partial charge >= 0.3 is 0 Å². The quantitative estimate of drug-likeness (QED) is 0.637. The third-order valence-corrected chi connectivity index (χ3v) is 3.63. The second-order valence-corrected chi connectivity index (χ2v) is 5.19. The Balaban J connectivity index is 1.86. The van der Waals surface area contributed by atoms with Crippen LogP contribution in [0.25, 0.3) is 11.0 Å². The standard InChI is InChI=1S/C17H17ClN2O/c18-11-6-12-20-16-10-5-4-9-15(16)19-17(20)13-21-14-7-2-1-3-8-14/h1-5,7-10H,6,11-13H2. The summed E-state index contributed by atoms with van der Waals surface area (Å²) in [7, 11) is 0. The van der Waals surface area contributed by atoms with Crippen molar-refractivity contribution in [3.63, 3.8) is 0 Å². The zero-order valence-electron chi connectivity index (χ0n) is 11.7. The summed E-state index contributed by atoms with van der Waals surface area (Å²) in [4.78, 5) is 4.68. The van der Waals surface area contributed by atoms with Crippen molar-refractivity contribution in [2.75, 3.05) is 5.88 Å². The Morgan fingerprint density at radius 1 is 1.00 bits per heavy atom. The molecule has 0 amide bonds. The number of fused-ring (bicyclic) bond motifs is 1. The van der Waals surface area contributed by atoms with Crippen LogP contribution in [0.4, 0.5) is 0 Å². The van der Waals surface area contributed by atoms with Gasteiger partial charge in [0.05, 0.1) is 11.0 Å². The zero-order chi connectivity index (χ0) is 14.5. The topological polar surface area (TPSA) is 27.1 Å². The van der Waals surface area contributed by atoms with Crippen LogP contribution >= 0.6 is 11.6 Å². The maximum atomic E-state index is 5.83. The number of aryl methyl sites for hydroxylation is 1. The van der Waals surface area contributed by atoms with E-state index in [0.29, 0.717) is 12.5 Å². The molecule has 1 aromatic heterocycles. The summed E-state index contributed by atoms with van der Waals surface area (Å²) >= 11 is 5.83. The summed E-state index contributed by atoms with van der Waals surface area (Å²) in [5.41, 5.74) is 2.13. The lowest BCUT2D eigenvalue weighted by atomic mass is 10.3. The number of imidazole rings is 1. The van der Waals surface area contributed by atoms with Crippen LogP contribution in [0.3, 0.4) is 0 Å². The second-order valence-electron chi connectivity index (χ2n) is 4.81. The Bertz CT molecular complexity index is 709. The molecule has 0 atom stereocenters. The molecule has 21 heavy (non-hydrogen) atoms. The number of aromatic nitrogens is 2. The average Bonchev–Trinajstić information content (AvgIpc) is 2.89. The van der Waals surface area contributed by atoms with E-state index in [1.807, 2.05) is 48.5 Å². The van der Waals surface area contributed by atoms with Crippen LogP contribution in [0.2, 0.25) is 0 Å². The maximum Gasteiger partial charge on any atom is 0.147 e. The van der Waals surface area contributed by atoms with E-state index in [1.165, 1.54) is 0 Å². The molecule has 3 rings (SSSR count). The molecule has 0 bridgehead atoms. The summed E-state index contributed by atoms with van der Waals surface area (Å²) in [5, 5.41) is 0. The first-order valence-corrected chi connectivity index (χ1v) is 7.60. The van der Waals surface area contributed by atoms with Gasteiger partial charge in [-0.2, -0.15) is 0 Å². The van der Waals surface area contributed by atoms with Gasteiger partial charge in [-0.1, -0.05) is 30.3 Å². The zero-order valence-corrected chi connectivity index (χ0v) is 12.5. The normalized spacial score (nSPS) is 10.9. The molecule has 0 aliphatic carbocycles. The van der Waals surface area contributed by atoms with E-state index < -0.39 is 0 Å². The van der Waals surface area contributed by atoms with Crippen LogP contribution in [-0.2, 0) is 13.2 Å². The highest BCUT2D eigenvalue weighted by Gasteiger charge is 2.10. The van der Waals surface area contributed by atoms with E-state index in [1.54, 1.807) is 0 Å². The smallest absolute Gasteiger partial charge is 0.147 e. The number of alkyl halides is 1. The highest BCUT2D eigenvalue weighted by atomic mass is 35.5. The van der Waals surface area contributed by atoms with Crippen molar-refractivity contribution in [2.24, 2.45) is 0 Å². The van der Waals surface area contributed by atoms with Gasteiger partial charge in [-0.25, -0.2) is 4.98 Å². The Labute approximate surface area is 129 Å². The van der Waals surface area contributed by atoms with Gasteiger partial charge in [-0.05, 0) is 30.7 Å². The van der Waals surface area contributed by atoms with Crippen LogP contribution < -0.4 is 4.74 Å². The Hall–Kier alpha value is -2.00. The number of halogens is 1. The molecule has 0 saturated heterocycles. The lowest BCUT2D eigenvalue weighted by molar-refractivity contribution is 0.290. The molecule has 108 valence electrons. The summed E-state index contributed by atoms with van der Waals surface area (Å²) in [6.45, 7) is 1.32. The molecule has 0 spiro atoms. The van der Waals surface area contributed by atoms with E-state index >= 15 is 0 Å². The Morgan fingerprint density at radius 2 is 1.76 bits per heavy atom. The summed E-state index contributed by atoms with van der Waals surface area (Å²) < 4.78 is 8.02. The van der Waals surface area contributed by atoms with Gasteiger partial charge in [-0.15, -0.1) is 11.6 Å². The average molecular weight is 301 g/mol. The lowest BCUT2D eigenvalue weighted by Crippen LogP contribution is -2.08. The van der Waals surface area contributed by atoms with Crippen molar-refractivity contribution in [2.45, 2.75) is 19.6 Å². The largest absolute Gasteiger partial charge is 0.486 e.